The molecule has 6 heavy (non-hydrogen) atoms. The molecule has 0 aromatic rings. The van der Waals surface area contributed by atoms with Crippen LogP contribution in [0.3, 0.4) is 0 Å². The smallest absolute Gasteiger partial charge is 0.0849 e. The van der Waals surface area contributed by atoms with E-state index in [2.05, 4.69) is 0 Å². The second kappa shape index (κ2) is 4.50. The molecule has 0 saturated carbocycles. The first-order chi connectivity index (χ1) is 2.27. The van der Waals surface area contributed by atoms with Gasteiger partial charge in [-0.15, -0.1) is 0 Å². The van der Waals surface area contributed by atoms with Crippen molar-refractivity contribution >= 4 is 0 Å². The molecule has 0 unspecified atom stereocenters. The first-order valence-corrected chi connectivity index (χ1v) is 1.59. The van der Waals surface area contributed by atoms with Crippen molar-refractivity contribution in [1.82, 2.24) is 6.15 Å². The van der Waals surface area contributed by atoms with Crippen LogP contribution in [0.15, 0.2) is 11.8 Å². The fraction of sp³-hybridized carbons (Fsp3) is 0.500. The summed E-state index contributed by atoms with van der Waals surface area (Å²) in [6.07, 6.45) is 1.64. The van der Waals surface area contributed by atoms with Crippen LogP contribution in [0.4, 0.5) is 0 Å². The predicted octanol–water partition coefficient (Wildman–Crippen LogP) is 1.63. The van der Waals surface area contributed by atoms with Crippen molar-refractivity contribution in [1.29, 1.82) is 0 Å². The van der Waals surface area contributed by atoms with Crippen LogP contribution >= 0.6 is 0 Å². The molecule has 2 nitrogen and oxygen atoms in total. The van der Waals surface area contributed by atoms with Crippen molar-refractivity contribution in [2.45, 2.75) is 13.8 Å². The summed E-state index contributed by atoms with van der Waals surface area (Å²) in [7, 11) is 0. The predicted molar refractivity (Wildman–Crippen MR) is 27.1 cm³/mol. The molecular formula is C4H11NO. The van der Waals surface area contributed by atoms with Crippen LogP contribution < -0.4 is 6.15 Å². The zero-order valence-corrected chi connectivity index (χ0v) is 4.23. The van der Waals surface area contributed by atoms with Crippen molar-refractivity contribution in [3.8, 4) is 0 Å². The Balaban J connectivity index is 0. The molecule has 0 saturated heterocycles. The summed E-state index contributed by atoms with van der Waals surface area (Å²) in [5, 5.41) is 8.22. The van der Waals surface area contributed by atoms with E-state index in [0.717, 1.165) is 0 Å². The molecule has 0 heterocycles. The topological polar surface area (TPSA) is 55.2 Å². The van der Waals surface area contributed by atoms with E-state index in [0.29, 0.717) is 5.76 Å². The van der Waals surface area contributed by atoms with Crippen LogP contribution in [0.5, 0.6) is 0 Å². The molecule has 0 aromatic carbocycles. The van der Waals surface area contributed by atoms with E-state index in [1.54, 1.807) is 19.9 Å². The largest absolute Gasteiger partial charge is 0.513 e. The van der Waals surface area contributed by atoms with Crippen LogP contribution in [0.1, 0.15) is 13.8 Å². The van der Waals surface area contributed by atoms with Crippen molar-refractivity contribution in [2.24, 2.45) is 0 Å². The summed E-state index contributed by atoms with van der Waals surface area (Å²) in [4.78, 5) is 0. The van der Waals surface area contributed by atoms with E-state index < -0.39 is 0 Å². The Labute approximate surface area is 38.1 Å². The van der Waals surface area contributed by atoms with E-state index in [1.165, 1.54) is 0 Å². The van der Waals surface area contributed by atoms with Gasteiger partial charge in [0.05, 0.1) is 5.76 Å². The summed E-state index contributed by atoms with van der Waals surface area (Å²) in [6, 6.07) is 0. The zero-order valence-electron chi connectivity index (χ0n) is 4.23. The van der Waals surface area contributed by atoms with Gasteiger partial charge in [0.15, 0.2) is 0 Å². The molecule has 0 bridgehead atoms. The Morgan fingerprint density at radius 1 is 1.67 bits per heavy atom. The van der Waals surface area contributed by atoms with Crippen molar-refractivity contribution in [2.75, 3.05) is 0 Å². The maximum Gasteiger partial charge on any atom is 0.0849 e. The molecule has 0 aromatic heterocycles. The van der Waals surface area contributed by atoms with Crippen molar-refractivity contribution in [3.05, 3.63) is 11.8 Å². The lowest BCUT2D eigenvalue weighted by atomic mass is 10.5. The number of aliphatic hydroxyl groups excluding tert-OH is 1. The highest BCUT2D eigenvalue weighted by Crippen LogP contribution is 1.77. The average Bonchev–Trinajstić information content (AvgIpc) is 1.38. The molecule has 0 aliphatic rings. The van der Waals surface area contributed by atoms with E-state index in [1.807, 2.05) is 0 Å². The van der Waals surface area contributed by atoms with Crippen LogP contribution in [0, 0.1) is 0 Å². The molecule has 0 fully saturated rings. The molecule has 0 aliphatic carbocycles. The highest BCUT2D eigenvalue weighted by atomic mass is 16.3. The third kappa shape index (κ3) is 9.72. The molecule has 0 radical (unpaired) electrons. The second-order valence-corrected chi connectivity index (χ2v) is 0.930. The Hall–Kier alpha value is -0.500. The minimum absolute atomic E-state index is 0. The van der Waals surface area contributed by atoms with Gasteiger partial charge in [-0.3, -0.25) is 0 Å². The third-order valence-corrected chi connectivity index (χ3v) is 0.418. The normalized spacial score (nSPS) is 10.0. The minimum atomic E-state index is 0. The Kier molecular flexibility index (Phi) is 6.82. The van der Waals surface area contributed by atoms with Crippen LogP contribution in [0.25, 0.3) is 0 Å². The molecule has 0 atom stereocenters. The third-order valence-electron chi connectivity index (χ3n) is 0.418. The number of hydrogen-bond acceptors (Lipinski definition) is 2. The average molecular weight is 89.1 g/mol. The lowest BCUT2D eigenvalue weighted by Gasteiger charge is -1.75. The minimum Gasteiger partial charge on any atom is -0.513 e. The van der Waals surface area contributed by atoms with Gasteiger partial charge in [-0.2, -0.15) is 0 Å². The summed E-state index contributed by atoms with van der Waals surface area (Å²) in [5.74, 6) is 0.380. The van der Waals surface area contributed by atoms with Gasteiger partial charge in [0.2, 0.25) is 0 Å². The van der Waals surface area contributed by atoms with Gasteiger partial charge in [0.25, 0.3) is 0 Å². The first kappa shape index (κ1) is 9.09. The van der Waals surface area contributed by atoms with E-state index in [-0.39, 0.29) is 6.15 Å². The molecule has 2 heteroatoms. The maximum atomic E-state index is 8.22. The van der Waals surface area contributed by atoms with Crippen LogP contribution in [-0.4, -0.2) is 5.11 Å². The quantitative estimate of drug-likeness (QED) is 0.443. The van der Waals surface area contributed by atoms with Crippen LogP contribution in [0.2, 0.25) is 0 Å². The standard InChI is InChI=1S/C4H8O.H3N/c1-3-4(2)5;/h3,5H,1-2H3;1H3. The Morgan fingerprint density at radius 2 is 1.83 bits per heavy atom. The van der Waals surface area contributed by atoms with Crippen LogP contribution in [-0.2, 0) is 0 Å². The van der Waals surface area contributed by atoms with Gasteiger partial charge >= 0.3 is 0 Å². The van der Waals surface area contributed by atoms with Gasteiger partial charge in [0.1, 0.15) is 0 Å². The van der Waals surface area contributed by atoms with Gasteiger partial charge in [-0.1, -0.05) is 6.08 Å². The SMILES string of the molecule is CC=C(C)O.N. The summed E-state index contributed by atoms with van der Waals surface area (Å²) in [6.45, 7) is 3.43. The summed E-state index contributed by atoms with van der Waals surface area (Å²) in [5.41, 5.74) is 0. The highest BCUT2D eigenvalue weighted by Gasteiger charge is 1.63. The lowest BCUT2D eigenvalue weighted by molar-refractivity contribution is 0.413. The number of aliphatic hydroxyl groups is 1. The monoisotopic (exact) mass is 89.1 g/mol. The fourth-order valence-electron chi connectivity index (χ4n) is 0. The zero-order chi connectivity index (χ0) is 4.28. The van der Waals surface area contributed by atoms with Gasteiger partial charge in [0, 0.05) is 0 Å². The molecule has 0 spiro atoms. The van der Waals surface area contributed by atoms with Crippen molar-refractivity contribution in [3.63, 3.8) is 0 Å². The van der Waals surface area contributed by atoms with Crippen molar-refractivity contribution < 1.29 is 5.11 Å². The molecule has 38 valence electrons. The van der Waals surface area contributed by atoms with Gasteiger partial charge in [-0.05, 0) is 13.8 Å². The molecule has 0 amide bonds. The molecule has 0 aliphatic heterocycles. The van der Waals surface area contributed by atoms with E-state index in [9.17, 15) is 0 Å². The Morgan fingerprint density at radius 3 is 1.83 bits per heavy atom. The summed E-state index contributed by atoms with van der Waals surface area (Å²) >= 11 is 0. The second-order valence-electron chi connectivity index (χ2n) is 0.930. The highest BCUT2D eigenvalue weighted by molar-refractivity contribution is 4.79. The Bertz CT molecular complexity index is 45.5. The first-order valence-electron chi connectivity index (χ1n) is 1.59. The maximum absolute atomic E-state index is 8.22. The molecule has 4 N–H and O–H groups in total. The fourth-order valence-corrected chi connectivity index (χ4v) is 0. The number of allylic oxidation sites excluding steroid dienone is 2. The van der Waals surface area contributed by atoms with E-state index >= 15 is 0 Å². The van der Waals surface area contributed by atoms with Gasteiger partial charge in [-0.25, -0.2) is 0 Å². The molecular weight excluding hydrogens is 78.0 g/mol. The molecule has 0 rings (SSSR count). The lowest BCUT2D eigenvalue weighted by Crippen LogP contribution is -1.60. The number of rotatable bonds is 0. The summed E-state index contributed by atoms with van der Waals surface area (Å²) < 4.78 is 0. The number of hydrogen-bond donors (Lipinski definition) is 2. The van der Waals surface area contributed by atoms with E-state index in [4.69, 9.17) is 5.11 Å². The van der Waals surface area contributed by atoms with Gasteiger partial charge < -0.3 is 11.3 Å².